The number of likely N-dealkylation sites (N-methyl/N-ethyl adjacent to an activating group) is 1. The molecule has 0 saturated carbocycles. The Kier molecular flexibility index (Phi) is 5.99. The van der Waals surface area contributed by atoms with Crippen LogP contribution in [-0.4, -0.2) is 65.6 Å². The molecule has 1 aromatic carbocycles. The number of H-pyrrole nitrogens is 1. The van der Waals surface area contributed by atoms with Gasteiger partial charge in [0.25, 0.3) is 11.5 Å². The molecule has 2 aromatic heterocycles. The highest BCUT2D eigenvalue weighted by Gasteiger charge is 2.18. The summed E-state index contributed by atoms with van der Waals surface area (Å²) in [5.41, 5.74) is 2.24. The maximum atomic E-state index is 12.8. The molecular formula is C20H27N5O3. The van der Waals surface area contributed by atoms with Crippen LogP contribution < -0.4 is 10.5 Å². The van der Waals surface area contributed by atoms with Crippen molar-refractivity contribution in [3.63, 3.8) is 0 Å². The molecule has 0 saturated heterocycles. The lowest BCUT2D eigenvalue weighted by molar-refractivity contribution is 0.0744. The van der Waals surface area contributed by atoms with Gasteiger partial charge in [0.05, 0.1) is 23.8 Å². The first-order chi connectivity index (χ1) is 13.5. The molecule has 150 valence electrons. The van der Waals surface area contributed by atoms with Crippen molar-refractivity contribution >= 4 is 28.4 Å². The van der Waals surface area contributed by atoms with Crippen LogP contribution >= 0.6 is 0 Å². The Balaban J connectivity index is 2.17. The number of nitrogens with zero attached hydrogens (tertiary/aromatic N) is 4. The van der Waals surface area contributed by atoms with Gasteiger partial charge in [-0.1, -0.05) is 6.92 Å². The molecule has 0 atom stereocenters. The third-order valence-electron chi connectivity index (χ3n) is 4.85. The van der Waals surface area contributed by atoms with E-state index in [2.05, 4.69) is 28.7 Å². The van der Waals surface area contributed by atoms with Crippen molar-refractivity contribution in [2.75, 3.05) is 45.3 Å². The molecule has 28 heavy (non-hydrogen) atoms. The minimum atomic E-state index is -0.199. The summed E-state index contributed by atoms with van der Waals surface area (Å²) >= 11 is 0. The summed E-state index contributed by atoms with van der Waals surface area (Å²) in [6.45, 7) is 6.76. The van der Waals surface area contributed by atoms with Crippen LogP contribution in [0.2, 0.25) is 0 Å². The fourth-order valence-corrected chi connectivity index (χ4v) is 3.32. The topological polar surface area (TPSA) is 82.9 Å². The van der Waals surface area contributed by atoms with Crippen LogP contribution in [0.3, 0.4) is 0 Å². The summed E-state index contributed by atoms with van der Waals surface area (Å²) in [6, 6.07) is 5.32. The van der Waals surface area contributed by atoms with E-state index >= 15 is 0 Å². The van der Waals surface area contributed by atoms with Crippen LogP contribution in [0.15, 0.2) is 29.2 Å². The summed E-state index contributed by atoms with van der Waals surface area (Å²) in [5, 5.41) is 0. The maximum absolute atomic E-state index is 12.8. The first-order valence-electron chi connectivity index (χ1n) is 9.54. The number of nitrogens with one attached hydrogen (secondary N) is 1. The molecule has 0 aliphatic heterocycles. The van der Waals surface area contributed by atoms with Gasteiger partial charge in [0, 0.05) is 39.4 Å². The molecule has 8 heteroatoms. The van der Waals surface area contributed by atoms with Gasteiger partial charge >= 0.3 is 0 Å². The Morgan fingerprint density at radius 1 is 1.25 bits per heavy atom. The summed E-state index contributed by atoms with van der Waals surface area (Å²) in [6.07, 6.45) is 2.56. The molecule has 0 radical (unpaired) electrons. The molecule has 0 aliphatic carbocycles. The Morgan fingerprint density at radius 2 is 2.04 bits per heavy atom. The zero-order valence-corrected chi connectivity index (χ0v) is 16.9. The fourth-order valence-electron chi connectivity index (χ4n) is 3.32. The Morgan fingerprint density at radius 3 is 2.71 bits per heavy atom. The zero-order valence-electron chi connectivity index (χ0n) is 16.9. The predicted molar refractivity (Wildman–Crippen MR) is 110 cm³/mol. The highest BCUT2D eigenvalue weighted by molar-refractivity contribution is 5.97. The normalized spacial score (nSPS) is 11.3. The first-order valence-corrected chi connectivity index (χ1v) is 9.54. The molecular weight excluding hydrogens is 358 g/mol. The second kappa shape index (κ2) is 8.43. The molecule has 3 aromatic rings. The van der Waals surface area contributed by atoms with Crippen molar-refractivity contribution in [2.45, 2.75) is 20.3 Å². The van der Waals surface area contributed by atoms with Gasteiger partial charge in [-0.2, -0.15) is 0 Å². The lowest BCUT2D eigenvalue weighted by Gasteiger charge is -2.21. The van der Waals surface area contributed by atoms with Crippen LogP contribution in [0.25, 0.3) is 16.6 Å². The van der Waals surface area contributed by atoms with E-state index in [4.69, 9.17) is 4.74 Å². The van der Waals surface area contributed by atoms with E-state index in [1.165, 1.54) is 0 Å². The standard InChI is InChI=1S/C20H27N5O3/c1-5-9-24(6-2)20-21-13-17-18(26)22-15-8-7-14(12-16(15)25(17)20)19(27)23(3)10-11-28-4/h7-8,12-13H,5-6,9-11H2,1-4H3,(H,22,26). The minimum absolute atomic E-state index is 0.0964. The van der Waals surface area contributed by atoms with Crippen LogP contribution in [0, 0.1) is 0 Å². The van der Waals surface area contributed by atoms with E-state index in [0.29, 0.717) is 35.7 Å². The summed E-state index contributed by atoms with van der Waals surface area (Å²) in [5.74, 6) is 0.619. The number of fused-ring (bicyclic) bond motifs is 3. The third-order valence-corrected chi connectivity index (χ3v) is 4.85. The smallest absolute Gasteiger partial charge is 0.274 e. The average Bonchev–Trinajstić information content (AvgIpc) is 3.15. The molecule has 1 amide bonds. The van der Waals surface area contributed by atoms with Crippen molar-refractivity contribution < 1.29 is 9.53 Å². The van der Waals surface area contributed by atoms with E-state index in [9.17, 15) is 9.59 Å². The Labute approximate surface area is 163 Å². The van der Waals surface area contributed by atoms with Crippen molar-refractivity contribution in [2.24, 2.45) is 0 Å². The molecule has 0 spiro atoms. The summed E-state index contributed by atoms with van der Waals surface area (Å²) in [7, 11) is 3.36. The second-order valence-corrected chi connectivity index (χ2v) is 6.76. The monoisotopic (exact) mass is 385 g/mol. The van der Waals surface area contributed by atoms with Gasteiger partial charge in [-0.3, -0.25) is 14.0 Å². The summed E-state index contributed by atoms with van der Waals surface area (Å²) < 4.78 is 6.90. The maximum Gasteiger partial charge on any atom is 0.274 e. The summed E-state index contributed by atoms with van der Waals surface area (Å²) in [4.78, 5) is 36.4. The largest absolute Gasteiger partial charge is 0.383 e. The Bertz CT molecular complexity index is 1040. The third kappa shape index (κ3) is 3.60. The molecule has 8 nitrogen and oxygen atoms in total. The molecule has 3 rings (SSSR count). The number of ether oxygens (including phenoxy) is 1. The van der Waals surface area contributed by atoms with Crippen molar-refractivity contribution in [3.8, 4) is 0 Å². The van der Waals surface area contributed by atoms with E-state index in [1.807, 2.05) is 10.5 Å². The van der Waals surface area contributed by atoms with Crippen LogP contribution in [0.5, 0.6) is 0 Å². The van der Waals surface area contributed by atoms with E-state index in [1.54, 1.807) is 37.4 Å². The van der Waals surface area contributed by atoms with Crippen LogP contribution in [0.4, 0.5) is 5.95 Å². The highest BCUT2D eigenvalue weighted by atomic mass is 16.5. The number of benzene rings is 1. The number of hydrogen-bond donors (Lipinski definition) is 1. The van der Waals surface area contributed by atoms with Crippen molar-refractivity contribution in [3.05, 3.63) is 40.3 Å². The van der Waals surface area contributed by atoms with Gasteiger partial charge in [0.2, 0.25) is 5.95 Å². The zero-order chi connectivity index (χ0) is 20.3. The molecule has 0 bridgehead atoms. The first kappa shape index (κ1) is 19.9. The number of methoxy groups -OCH3 is 1. The fraction of sp³-hybridized carbons (Fsp3) is 0.450. The SMILES string of the molecule is CCCN(CC)c1ncc2c(=O)[nH]c3ccc(C(=O)N(C)CCOC)cc3n12. The molecule has 0 fully saturated rings. The molecule has 2 heterocycles. The van der Waals surface area contributed by atoms with Crippen molar-refractivity contribution in [1.29, 1.82) is 0 Å². The van der Waals surface area contributed by atoms with Crippen LogP contribution in [0.1, 0.15) is 30.6 Å². The number of amides is 1. The van der Waals surface area contributed by atoms with Gasteiger partial charge in [0.15, 0.2) is 0 Å². The van der Waals surface area contributed by atoms with Gasteiger partial charge in [-0.05, 0) is 31.5 Å². The number of rotatable bonds is 8. The number of aromatic nitrogens is 3. The number of imidazole rings is 1. The quantitative estimate of drug-likeness (QED) is 0.642. The second-order valence-electron chi connectivity index (χ2n) is 6.76. The van der Waals surface area contributed by atoms with Gasteiger partial charge < -0.3 is 19.5 Å². The van der Waals surface area contributed by atoms with Crippen LogP contribution in [-0.2, 0) is 4.74 Å². The lowest BCUT2D eigenvalue weighted by Crippen LogP contribution is -2.30. The molecule has 1 N–H and O–H groups in total. The average molecular weight is 385 g/mol. The van der Waals surface area contributed by atoms with Crippen molar-refractivity contribution in [1.82, 2.24) is 19.3 Å². The van der Waals surface area contributed by atoms with Gasteiger partial charge in [-0.15, -0.1) is 0 Å². The molecule has 0 unspecified atom stereocenters. The Hall–Kier alpha value is -2.87. The number of carbonyl (C=O) groups excluding carboxylic acids is 1. The van der Waals surface area contributed by atoms with E-state index < -0.39 is 0 Å². The van der Waals surface area contributed by atoms with E-state index in [-0.39, 0.29) is 11.5 Å². The number of hydrogen-bond acceptors (Lipinski definition) is 5. The number of anilines is 1. The van der Waals surface area contributed by atoms with E-state index in [0.717, 1.165) is 25.0 Å². The van der Waals surface area contributed by atoms with Gasteiger partial charge in [-0.25, -0.2) is 4.98 Å². The lowest BCUT2D eigenvalue weighted by atomic mass is 10.1. The number of aromatic amines is 1. The predicted octanol–water partition coefficient (Wildman–Crippen LogP) is 2.13. The minimum Gasteiger partial charge on any atom is -0.383 e. The molecule has 0 aliphatic rings. The highest BCUT2D eigenvalue weighted by Crippen LogP contribution is 2.22. The number of carbonyl (C=O) groups is 1. The van der Waals surface area contributed by atoms with Gasteiger partial charge in [0.1, 0.15) is 5.52 Å².